The molecule has 3 N–H and O–H groups in total. The van der Waals surface area contributed by atoms with E-state index in [0.29, 0.717) is 17.0 Å². The summed E-state index contributed by atoms with van der Waals surface area (Å²) in [5, 5.41) is 17.8. The number of halogens is 1. The standard InChI is InChI=1S/C28H35ClN2O2/c1-3-21(2)28(19-30-25(20-32)16-22-8-5-4-6-9-22)31-18-23-10-7-11-27(17-23)33-26-14-12-24(29)13-15-26/h4-15,17,21,25,28,30-32H,3,16,18-20H2,1-2H3. The lowest BCUT2D eigenvalue weighted by Crippen LogP contribution is -2.47. The van der Waals surface area contributed by atoms with E-state index in [2.05, 4.69) is 48.7 Å². The van der Waals surface area contributed by atoms with E-state index in [0.717, 1.165) is 43.0 Å². The molecular weight excluding hydrogens is 432 g/mol. The van der Waals surface area contributed by atoms with Gasteiger partial charge in [0.05, 0.1) is 6.61 Å². The third-order valence-corrected chi connectivity index (χ3v) is 6.27. The van der Waals surface area contributed by atoms with Crippen molar-refractivity contribution in [2.24, 2.45) is 5.92 Å². The minimum absolute atomic E-state index is 0.0388. The molecule has 0 saturated carbocycles. The Bertz CT molecular complexity index is 950. The molecule has 3 unspecified atom stereocenters. The van der Waals surface area contributed by atoms with Crippen LogP contribution in [0, 0.1) is 5.92 Å². The minimum Gasteiger partial charge on any atom is -0.457 e. The largest absolute Gasteiger partial charge is 0.457 e. The number of hydrogen-bond donors (Lipinski definition) is 3. The number of benzene rings is 3. The Morgan fingerprint density at radius 3 is 2.30 bits per heavy atom. The van der Waals surface area contributed by atoms with Gasteiger partial charge in [-0.15, -0.1) is 0 Å². The zero-order valence-electron chi connectivity index (χ0n) is 19.5. The van der Waals surface area contributed by atoms with Gasteiger partial charge in [-0.1, -0.05) is 74.3 Å². The number of ether oxygens (including phenoxy) is 1. The Morgan fingerprint density at radius 1 is 0.879 bits per heavy atom. The van der Waals surface area contributed by atoms with Gasteiger partial charge in [0.2, 0.25) is 0 Å². The van der Waals surface area contributed by atoms with Gasteiger partial charge < -0.3 is 20.5 Å². The van der Waals surface area contributed by atoms with Crippen molar-refractivity contribution in [2.45, 2.75) is 45.3 Å². The predicted octanol–water partition coefficient (Wildman–Crippen LogP) is 5.83. The maximum absolute atomic E-state index is 9.87. The number of rotatable bonds is 13. The fraction of sp³-hybridized carbons (Fsp3) is 0.357. The van der Waals surface area contributed by atoms with Crippen LogP contribution in [-0.4, -0.2) is 30.3 Å². The van der Waals surface area contributed by atoms with Crippen molar-refractivity contribution in [2.75, 3.05) is 13.2 Å². The van der Waals surface area contributed by atoms with Crippen LogP contribution in [-0.2, 0) is 13.0 Å². The molecule has 0 saturated heterocycles. The van der Waals surface area contributed by atoms with Crippen LogP contribution >= 0.6 is 11.6 Å². The fourth-order valence-electron chi connectivity index (χ4n) is 3.76. The molecule has 0 spiro atoms. The Hall–Kier alpha value is -2.37. The van der Waals surface area contributed by atoms with Crippen molar-refractivity contribution in [3.8, 4) is 11.5 Å². The maximum Gasteiger partial charge on any atom is 0.127 e. The molecule has 0 aliphatic carbocycles. The molecule has 0 aliphatic heterocycles. The summed E-state index contributed by atoms with van der Waals surface area (Å²) >= 11 is 5.96. The average Bonchev–Trinajstić information content (AvgIpc) is 2.85. The summed E-state index contributed by atoms with van der Waals surface area (Å²) in [7, 11) is 0. The van der Waals surface area contributed by atoms with Crippen LogP contribution in [0.3, 0.4) is 0 Å². The van der Waals surface area contributed by atoms with Crippen LogP contribution in [0.2, 0.25) is 5.02 Å². The molecule has 3 atom stereocenters. The highest BCUT2D eigenvalue weighted by molar-refractivity contribution is 6.30. The van der Waals surface area contributed by atoms with E-state index >= 15 is 0 Å². The third-order valence-electron chi connectivity index (χ3n) is 6.02. The first-order chi connectivity index (χ1) is 16.1. The van der Waals surface area contributed by atoms with Crippen LogP contribution in [0.5, 0.6) is 11.5 Å². The first-order valence-corrected chi connectivity index (χ1v) is 12.1. The second-order valence-electron chi connectivity index (χ2n) is 8.55. The van der Waals surface area contributed by atoms with E-state index in [1.807, 2.05) is 54.6 Å². The first-order valence-electron chi connectivity index (χ1n) is 11.7. The average molecular weight is 467 g/mol. The van der Waals surface area contributed by atoms with Gasteiger partial charge in [-0.25, -0.2) is 0 Å². The van der Waals surface area contributed by atoms with Crippen molar-refractivity contribution in [3.63, 3.8) is 0 Å². The predicted molar refractivity (Wildman–Crippen MR) is 137 cm³/mol. The van der Waals surface area contributed by atoms with Gasteiger partial charge in [-0.3, -0.25) is 0 Å². The molecule has 0 aliphatic rings. The highest BCUT2D eigenvalue weighted by Gasteiger charge is 2.18. The molecule has 176 valence electrons. The van der Waals surface area contributed by atoms with Crippen molar-refractivity contribution >= 4 is 11.6 Å². The summed E-state index contributed by atoms with van der Waals surface area (Å²) < 4.78 is 5.97. The molecule has 0 heterocycles. The van der Waals surface area contributed by atoms with Gasteiger partial charge in [-0.05, 0) is 59.9 Å². The first kappa shape index (κ1) is 25.3. The molecule has 0 amide bonds. The maximum atomic E-state index is 9.87. The van der Waals surface area contributed by atoms with Gasteiger partial charge in [-0.2, -0.15) is 0 Å². The van der Waals surface area contributed by atoms with Crippen LogP contribution in [0.1, 0.15) is 31.4 Å². The summed E-state index contributed by atoms with van der Waals surface area (Å²) in [6.07, 6.45) is 1.90. The molecule has 3 aromatic carbocycles. The Kier molecular flexibility index (Phi) is 10.2. The van der Waals surface area contributed by atoms with Crippen molar-refractivity contribution in [3.05, 3.63) is 95.0 Å². The highest BCUT2D eigenvalue weighted by atomic mass is 35.5. The van der Waals surface area contributed by atoms with E-state index in [1.54, 1.807) is 0 Å². The summed E-state index contributed by atoms with van der Waals surface area (Å²) in [5.41, 5.74) is 2.40. The van der Waals surface area contributed by atoms with Crippen molar-refractivity contribution in [1.82, 2.24) is 10.6 Å². The molecule has 0 fully saturated rings. The smallest absolute Gasteiger partial charge is 0.127 e. The van der Waals surface area contributed by atoms with E-state index in [-0.39, 0.29) is 12.6 Å². The second-order valence-corrected chi connectivity index (χ2v) is 8.99. The lowest BCUT2D eigenvalue weighted by molar-refractivity contribution is 0.231. The number of nitrogens with one attached hydrogen (secondary N) is 2. The van der Waals surface area contributed by atoms with E-state index in [1.165, 1.54) is 5.56 Å². The topological polar surface area (TPSA) is 53.5 Å². The van der Waals surface area contributed by atoms with Crippen molar-refractivity contribution < 1.29 is 9.84 Å². The van der Waals surface area contributed by atoms with Gasteiger partial charge in [0.15, 0.2) is 0 Å². The summed E-state index contributed by atoms with van der Waals surface area (Å²) in [5.74, 6) is 2.07. The van der Waals surface area contributed by atoms with Crippen LogP contribution < -0.4 is 15.4 Å². The third kappa shape index (κ3) is 8.49. The molecule has 3 rings (SSSR count). The van der Waals surface area contributed by atoms with E-state index in [4.69, 9.17) is 16.3 Å². The van der Waals surface area contributed by atoms with Gasteiger partial charge in [0.1, 0.15) is 11.5 Å². The summed E-state index contributed by atoms with van der Waals surface area (Å²) in [4.78, 5) is 0. The molecule has 5 heteroatoms. The lowest BCUT2D eigenvalue weighted by Gasteiger charge is -2.27. The number of hydrogen-bond acceptors (Lipinski definition) is 4. The van der Waals surface area contributed by atoms with Crippen LogP contribution in [0.15, 0.2) is 78.9 Å². The molecule has 33 heavy (non-hydrogen) atoms. The fourth-order valence-corrected chi connectivity index (χ4v) is 3.89. The van der Waals surface area contributed by atoms with Crippen molar-refractivity contribution in [1.29, 1.82) is 0 Å². The normalized spacial score (nSPS) is 13.9. The Morgan fingerprint density at radius 2 is 1.61 bits per heavy atom. The second kappa shape index (κ2) is 13.4. The van der Waals surface area contributed by atoms with Crippen LogP contribution in [0.25, 0.3) is 0 Å². The van der Waals surface area contributed by atoms with Gasteiger partial charge in [0.25, 0.3) is 0 Å². The Balaban J connectivity index is 1.56. The zero-order chi connectivity index (χ0) is 23.5. The van der Waals surface area contributed by atoms with Gasteiger partial charge in [0, 0.05) is 30.2 Å². The summed E-state index contributed by atoms with van der Waals surface area (Å²) in [6, 6.07) is 26.2. The molecule has 3 aromatic rings. The number of aliphatic hydroxyl groups excluding tert-OH is 1. The molecule has 4 nitrogen and oxygen atoms in total. The monoisotopic (exact) mass is 466 g/mol. The van der Waals surface area contributed by atoms with E-state index < -0.39 is 0 Å². The zero-order valence-corrected chi connectivity index (χ0v) is 20.3. The minimum atomic E-state index is 0.0388. The lowest BCUT2D eigenvalue weighted by atomic mass is 9.98. The quantitative estimate of drug-likeness (QED) is 0.296. The Labute approximate surface area is 203 Å². The van der Waals surface area contributed by atoms with Gasteiger partial charge >= 0.3 is 0 Å². The molecule has 0 bridgehead atoms. The summed E-state index contributed by atoms with van der Waals surface area (Å²) in [6.45, 7) is 6.15. The highest BCUT2D eigenvalue weighted by Crippen LogP contribution is 2.24. The number of aliphatic hydroxyl groups is 1. The van der Waals surface area contributed by atoms with Crippen LogP contribution in [0.4, 0.5) is 0 Å². The van der Waals surface area contributed by atoms with E-state index in [9.17, 15) is 5.11 Å². The molecule has 0 radical (unpaired) electrons. The SMILES string of the molecule is CCC(C)C(CNC(CO)Cc1ccccc1)NCc1cccc(Oc2ccc(Cl)cc2)c1. The molecular formula is C28H35ClN2O2. The molecule has 0 aromatic heterocycles.